The molecule has 4 rings (SSSR count). The van der Waals surface area contributed by atoms with Crippen molar-refractivity contribution in [2.45, 2.75) is 19.0 Å². The Morgan fingerprint density at radius 2 is 1.97 bits per heavy atom. The molecule has 2 aromatic carbocycles. The number of nitrogens with zero attached hydrogens (tertiary/aromatic N) is 5. The lowest BCUT2D eigenvalue weighted by molar-refractivity contribution is -0.118. The third-order valence-electron chi connectivity index (χ3n) is 4.88. The van der Waals surface area contributed by atoms with Gasteiger partial charge in [0, 0.05) is 28.1 Å². The molecule has 0 saturated heterocycles. The first-order valence-electron chi connectivity index (χ1n) is 10.9. The van der Waals surface area contributed by atoms with E-state index in [2.05, 4.69) is 41.6 Å². The van der Waals surface area contributed by atoms with Crippen LogP contribution in [0, 0.1) is 0 Å². The van der Waals surface area contributed by atoms with Crippen molar-refractivity contribution in [2.24, 2.45) is 5.10 Å². The predicted molar refractivity (Wildman–Crippen MR) is 141 cm³/mol. The topological polar surface area (TPSA) is 94.3 Å². The van der Waals surface area contributed by atoms with Crippen LogP contribution in [0.15, 0.2) is 87.8 Å². The second-order valence-electron chi connectivity index (χ2n) is 7.34. The molecule has 1 N–H and O–H groups in total. The van der Waals surface area contributed by atoms with Crippen molar-refractivity contribution in [3.63, 3.8) is 0 Å². The maximum absolute atomic E-state index is 12.5. The largest absolute Gasteiger partial charge is 0.494 e. The van der Waals surface area contributed by atoms with Crippen molar-refractivity contribution >= 4 is 39.3 Å². The number of carbonyl (C=O) groups is 1. The van der Waals surface area contributed by atoms with E-state index < -0.39 is 0 Å². The quantitative estimate of drug-likeness (QED) is 0.176. The van der Waals surface area contributed by atoms with Crippen LogP contribution >= 0.6 is 27.7 Å². The highest BCUT2D eigenvalue weighted by Gasteiger charge is 2.17. The van der Waals surface area contributed by atoms with E-state index in [1.165, 1.54) is 11.8 Å². The van der Waals surface area contributed by atoms with Gasteiger partial charge in [0.2, 0.25) is 0 Å². The van der Waals surface area contributed by atoms with Crippen LogP contribution in [0.1, 0.15) is 19.4 Å². The van der Waals surface area contributed by atoms with Crippen LogP contribution in [0.25, 0.3) is 17.1 Å². The summed E-state index contributed by atoms with van der Waals surface area (Å²) in [5, 5.41) is 13.5. The third-order valence-corrected chi connectivity index (χ3v) is 6.30. The summed E-state index contributed by atoms with van der Waals surface area (Å²) >= 11 is 4.72. The number of amides is 1. The number of thioether (sulfide) groups is 1. The van der Waals surface area contributed by atoms with Gasteiger partial charge in [-0.2, -0.15) is 5.10 Å². The SMILES string of the molecule is CCOc1ccc(-n2c(SCC(=O)N/N=C(/C)c3cccc(Br)c3)nnc2-c2cccnc2)cc1. The molecule has 4 aromatic rings. The molecule has 8 nitrogen and oxygen atoms in total. The molecule has 0 unspecified atom stereocenters. The van der Waals surface area contributed by atoms with E-state index in [0.29, 0.717) is 23.3 Å². The van der Waals surface area contributed by atoms with Gasteiger partial charge >= 0.3 is 0 Å². The Kier molecular flexibility index (Phi) is 8.27. The van der Waals surface area contributed by atoms with Crippen molar-refractivity contribution < 1.29 is 9.53 Å². The lowest BCUT2D eigenvalue weighted by atomic mass is 10.1. The normalized spacial score (nSPS) is 11.3. The van der Waals surface area contributed by atoms with Gasteiger partial charge in [-0.25, -0.2) is 5.43 Å². The Morgan fingerprint density at radius 1 is 1.14 bits per heavy atom. The molecule has 10 heteroatoms. The number of halogens is 1. The van der Waals surface area contributed by atoms with Crippen molar-refractivity contribution in [2.75, 3.05) is 12.4 Å². The number of benzene rings is 2. The monoisotopic (exact) mass is 550 g/mol. The molecule has 0 aliphatic heterocycles. The Balaban J connectivity index is 1.52. The van der Waals surface area contributed by atoms with E-state index in [4.69, 9.17) is 4.74 Å². The molecule has 0 atom stereocenters. The van der Waals surface area contributed by atoms with E-state index in [0.717, 1.165) is 27.0 Å². The molecule has 178 valence electrons. The minimum absolute atomic E-state index is 0.122. The summed E-state index contributed by atoms with van der Waals surface area (Å²) in [4.78, 5) is 16.7. The van der Waals surface area contributed by atoms with E-state index in [1.54, 1.807) is 12.4 Å². The summed E-state index contributed by atoms with van der Waals surface area (Å²) in [7, 11) is 0. The molecular formula is C25H23BrN6O2S. The summed E-state index contributed by atoms with van der Waals surface area (Å²) in [5.74, 6) is 1.29. The summed E-state index contributed by atoms with van der Waals surface area (Å²) < 4.78 is 8.42. The van der Waals surface area contributed by atoms with Gasteiger partial charge in [0.05, 0.1) is 18.1 Å². The minimum atomic E-state index is -0.242. The maximum Gasteiger partial charge on any atom is 0.250 e. The first-order chi connectivity index (χ1) is 17.0. The van der Waals surface area contributed by atoms with Crippen LogP contribution in [0.4, 0.5) is 0 Å². The smallest absolute Gasteiger partial charge is 0.250 e. The molecule has 0 saturated carbocycles. The predicted octanol–water partition coefficient (Wildman–Crippen LogP) is 5.12. The zero-order chi connectivity index (χ0) is 24.6. The Labute approximate surface area is 216 Å². The molecule has 0 bridgehead atoms. The minimum Gasteiger partial charge on any atom is -0.494 e. The Bertz CT molecular complexity index is 1330. The first-order valence-corrected chi connectivity index (χ1v) is 12.6. The number of hydrogen-bond donors (Lipinski definition) is 1. The molecule has 0 aliphatic carbocycles. The number of ether oxygens (including phenoxy) is 1. The van der Waals surface area contributed by atoms with Crippen LogP contribution < -0.4 is 10.2 Å². The fourth-order valence-corrected chi connectivity index (χ4v) is 4.37. The molecule has 0 spiro atoms. The average Bonchev–Trinajstić information content (AvgIpc) is 3.31. The van der Waals surface area contributed by atoms with Gasteiger partial charge in [0.15, 0.2) is 11.0 Å². The van der Waals surface area contributed by atoms with Gasteiger partial charge in [-0.05, 0) is 67.9 Å². The van der Waals surface area contributed by atoms with Gasteiger partial charge < -0.3 is 4.74 Å². The summed E-state index contributed by atoms with van der Waals surface area (Å²) in [6.45, 7) is 4.38. The highest BCUT2D eigenvalue weighted by atomic mass is 79.9. The summed E-state index contributed by atoms with van der Waals surface area (Å²) in [6.07, 6.45) is 3.44. The van der Waals surface area contributed by atoms with Crippen molar-refractivity contribution in [3.05, 3.63) is 83.1 Å². The number of carbonyl (C=O) groups excluding carboxylic acids is 1. The molecule has 2 heterocycles. The lowest BCUT2D eigenvalue weighted by Crippen LogP contribution is -2.21. The van der Waals surface area contributed by atoms with Crippen molar-refractivity contribution in [1.82, 2.24) is 25.2 Å². The van der Waals surface area contributed by atoms with Gasteiger partial charge in [-0.3, -0.25) is 14.3 Å². The molecular weight excluding hydrogens is 528 g/mol. The van der Waals surface area contributed by atoms with Crippen LogP contribution in [0.3, 0.4) is 0 Å². The molecule has 0 aliphatic rings. The number of aromatic nitrogens is 4. The maximum atomic E-state index is 12.5. The average molecular weight is 551 g/mol. The highest BCUT2D eigenvalue weighted by Crippen LogP contribution is 2.28. The van der Waals surface area contributed by atoms with E-state index in [9.17, 15) is 4.79 Å². The van der Waals surface area contributed by atoms with Gasteiger partial charge in [0.25, 0.3) is 5.91 Å². The zero-order valence-corrected chi connectivity index (χ0v) is 21.6. The number of nitrogens with one attached hydrogen (secondary N) is 1. The van der Waals surface area contributed by atoms with Gasteiger partial charge in [0.1, 0.15) is 5.75 Å². The zero-order valence-electron chi connectivity index (χ0n) is 19.2. The summed E-state index contributed by atoms with van der Waals surface area (Å²) in [6, 6.07) is 19.2. The Morgan fingerprint density at radius 3 is 2.69 bits per heavy atom. The van der Waals surface area contributed by atoms with Crippen LogP contribution in [-0.2, 0) is 4.79 Å². The molecule has 0 radical (unpaired) electrons. The molecule has 35 heavy (non-hydrogen) atoms. The van der Waals surface area contributed by atoms with Crippen molar-refractivity contribution in [3.8, 4) is 22.8 Å². The van der Waals surface area contributed by atoms with Crippen LogP contribution in [-0.4, -0.2) is 43.7 Å². The van der Waals surface area contributed by atoms with Crippen LogP contribution in [0.2, 0.25) is 0 Å². The van der Waals surface area contributed by atoms with E-state index in [1.807, 2.05) is 79.1 Å². The number of hydrogen-bond acceptors (Lipinski definition) is 7. The fourth-order valence-electron chi connectivity index (χ4n) is 3.22. The highest BCUT2D eigenvalue weighted by molar-refractivity contribution is 9.10. The Hall–Kier alpha value is -3.50. The van der Waals surface area contributed by atoms with Crippen LogP contribution in [0.5, 0.6) is 5.75 Å². The first kappa shape index (κ1) is 24.6. The molecule has 0 fully saturated rings. The fraction of sp³-hybridized carbons (Fsp3) is 0.160. The second-order valence-corrected chi connectivity index (χ2v) is 9.20. The number of hydrazone groups is 1. The van der Waals surface area contributed by atoms with Gasteiger partial charge in [-0.1, -0.05) is 39.8 Å². The molecule has 2 aromatic heterocycles. The van der Waals surface area contributed by atoms with Crippen molar-refractivity contribution in [1.29, 1.82) is 0 Å². The number of rotatable bonds is 9. The van der Waals surface area contributed by atoms with Gasteiger partial charge in [-0.15, -0.1) is 10.2 Å². The third kappa shape index (κ3) is 6.34. The summed E-state index contributed by atoms with van der Waals surface area (Å²) in [5.41, 5.74) is 5.92. The lowest BCUT2D eigenvalue weighted by Gasteiger charge is -2.11. The standard InChI is InChI=1S/C25H23BrN6O2S/c1-3-34-22-11-9-21(10-12-22)32-24(19-7-5-13-27-15-19)30-31-25(32)35-16-23(33)29-28-17(2)18-6-4-8-20(26)14-18/h4-15H,3,16H2,1-2H3,(H,29,33)/b28-17-. The van der Waals surface area contributed by atoms with E-state index in [-0.39, 0.29) is 11.7 Å². The number of pyridine rings is 1. The second kappa shape index (κ2) is 11.8. The van der Waals surface area contributed by atoms with E-state index >= 15 is 0 Å². The molecule has 1 amide bonds.